The molecule has 0 nitrogen and oxygen atoms in total. The van der Waals surface area contributed by atoms with Gasteiger partial charge in [0, 0.05) is 20.2 Å². The van der Waals surface area contributed by atoms with Gasteiger partial charge < -0.3 is 0 Å². The number of hydrogen-bond acceptors (Lipinski definition) is 1. The van der Waals surface area contributed by atoms with Crippen LogP contribution in [0.25, 0.3) is 20.2 Å². The zero-order valence-electron chi connectivity index (χ0n) is 11.0. The van der Waals surface area contributed by atoms with E-state index >= 15 is 0 Å². The summed E-state index contributed by atoms with van der Waals surface area (Å²) in [5, 5.41) is 2.82. The minimum atomic E-state index is 0.999. The summed E-state index contributed by atoms with van der Waals surface area (Å²) in [6.45, 7) is 0. The van der Waals surface area contributed by atoms with Gasteiger partial charge in [-0.3, -0.25) is 0 Å². The Kier molecular flexibility index (Phi) is 2.79. The summed E-state index contributed by atoms with van der Waals surface area (Å²) in [6.07, 6.45) is 0.999. The van der Waals surface area contributed by atoms with Crippen molar-refractivity contribution in [3.8, 4) is 0 Å². The maximum Gasteiger partial charge on any atom is 0.0358 e. The highest BCUT2D eigenvalue weighted by atomic mass is 32.1. The van der Waals surface area contributed by atoms with Gasteiger partial charge in [-0.15, -0.1) is 11.3 Å². The molecule has 0 amide bonds. The van der Waals surface area contributed by atoms with Crippen LogP contribution in [0.4, 0.5) is 0 Å². The molecule has 1 heteroatoms. The lowest BCUT2D eigenvalue weighted by Gasteiger charge is -2.04. The van der Waals surface area contributed by atoms with Crippen LogP contribution in [0.1, 0.15) is 11.1 Å². The Morgan fingerprint density at radius 2 is 1.40 bits per heavy atom. The largest absolute Gasteiger partial charge is 0.135 e. The van der Waals surface area contributed by atoms with E-state index in [0.29, 0.717) is 0 Å². The minimum Gasteiger partial charge on any atom is -0.135 e. The average molecular weight is 274 g/mol. The van der Waals surface area contributed by atoms with Gasteiger partial charge in [-0.25, -0.2) is 0 Å². The molecule has 1 heterocycles. The van der Waals surface area contributed by atoms with Crippen LogP contribution in [-0.2, 0) is 6.42 Å². The van der Waals surface area contributed by atoms with E-state index in [1.54, 1.807) is 0 Å². The van der Waals surface area contributed by atoms with Gasteiger partial charge in [-0.1, -0.05) is 60.7 Å². The summed E-state index contributed by atoms with van der Waals surface area (Å²) < 4.78 is 2.77. The van der Waals surface area contributed by atoms with Crippen LogP contribution in [-0.4, -0.2) is 0 Å². The van der Waals surface area contributed by atoms with Gasteiger partial charge in [0.25, 0.3) is 0 Å². The Morgan fingerprint density at radius 1 is 0.650 bits per heavy atom. The smallest absolute Gasteiger partial charge is 0.0358 e. The van der Waals surface area contributed by atoms with Gasteiger partial charge in [0.05, 0.1) is 0 Å². The number of rotatable bonds is 2. The first-order chi connectivity index (χ1) is 9.92. The van der Waals surface area contributed by atoms with Crippen molar-refractivity contribution in [1.82, 2.24) is 0 Å². The first-order valence-electron chi connectivity index (χ1n) is 6.85. The van der Waals surface area contributed by atoms with Gasteiger partial charge in [0.2, 0.25) is 0 Å². The number of benzene rings is 3. The molecule has 3 aromatic carbocycles. The summed E-state index contributed by atoms with van der Waals surface area (Å²) in [7, 11) is 0. The third-order valence-corrected chi connectivity index (χ3v) is 4.86. The van der Waals surface area contributed by atoms with Crippen molar-refractivity contribution in [2.45, 2.75) is 6.42 Å². The van der Waals surface area contributed by atoms with Crippen LogP contribution < -0.4 is 0 Å². The molecule has 96 valence electrons. The summed E-state index contributed by atoms with van der Waals surface area (Å²) >= 11 is 1.89. The third kappa shape index (κ3) is 1.91. The molecule has 0 saturated heterocycles. The van der Waals surface area contributed by atoms with Crippen molar-refractivity contribution in [3.05, 3.63) is 83.9 Å². The third-order valence-electron chi connectivity index (χ3n) is 3.73. The molecule has 0 aliphatic rings. The van der Waals surface area contributed by atoms with Crippen LogP contribution >= 0.6 is 11.3 Å². The van der Waals surface area contributed by atoms with Crippen molar-refractivity contribution in [3.63, 3.8) is 0 Å². The lowest BCUT2D eigenvalue weighted by molar-refractivity contribution is 1.22. The average Bonchev–Trinajstić information content (AvgIpc) is 2.88. The van der Waals surface area contributed by atoms with E-state index in [0.717, 1.165) is 6.42 Å². The highest BCUT2D eigenvalue weighted by molar-refractivity contribution is 7.25. The van der Waals surface area contributed by atoms with Crippen LogP contribution in [0.5, 0.6) is 0 Å². The van der Waals surface area contributed by atoms with E-state index in [-0.39, 0.29) is 0 Å². The molecule has 0 saturated carbocycles. The summed E-state index contributed by atoms with van der Waals surface area (Å²) in [5.41, 5.74) is 2.79. The standard InChI is InChI=1S/C19H14S/c1-2-7-14(8-3-1)13-15-9-6-12-18-19(15)16-10-4-5-11-17(16)20-18/h1-12H,13H2. The molecule has 0 spiro atoms. The number of thiophene rings is 1. The van der Waals surface area contributed by atoms with Gasteiger partial charge in [-0.05, 0) is 29.7 Å². The van der Waals surface area contributed by atoms with Crippen LogP contribution in [0, 0.1) is 0 Å². The van der Waals surface area contributed by atoms with Crippen molar-refractivity contribution < 1.29 is 0 Å². The monoisotopic (exact) mass is 274 g/mol. The molecule has 0 N–H and O–H groups in total. The van der Waals surface area contributed by atoms with E-state index in [2.05, 4.69) is 72.8 Å². The van der Waals surface area contributed by atoms with Gasteiger partial charge >= 0.3 is 0 Å². The Morgan fingerprint density at radius 3 is 2.30 bits per heavy atom. The SMILES string of the molecule is c1ccc(Cc2cccc3sc4ccccc4c23)cc1. The van der Waals surface area contributed by atoms with Crippen molar-refractivity contribution in [2.24, 2.45) is 0 Å². The first kappa shape index (κ1) is 11.7. The minimum absolute atomic E-state index is 0.999. The molecule has 4 rings (SSSR count). The Labute approximate surface area is 122 Å². The van der Waals surface area contributed by atoms with Crippen LogP contribution in [0.15, 0.2) is 72.8 Å². The summed E-state index contributed by atoms with van der Waals surface area (Å²) in [6, 6.07) is 26.1. The van der Waals surface area contributed by atoms with E-state index in [1.165, 1.54) is 31.3 Å². The second kappa shape index (κ2) is 4.77. The number of hydrogen-bond donors (Lipinski definition) is 0. The van der Waals surface area contributed by atoms with E-state index < -0.39 is 0 Å². The zero-order chi connectivity index (χ0) is 13.4. The Hall–Kier alpha value is -2.12. The topological polar surface area (TPSA) is 0 Å². The molecule has 0 bridgehead atoms. The Balaban J connectivity index is 1.95. The van der Waals surface area contributed by atoms with Crippen molar-refractivity contribution >= 4 is 31.5 Å². The normalized spacial score (nSPS) is 11.2. The molecule has 0 fully saturated rings. The predicted octanol–water partition coefficient (Wildman–Crippen LogP) is 5.65. The lowest BCUT2D eigenvalue weighted by Crippen LogP contribution is -1.88. The van der Waals surface area contributed by atoms with Crippen molar-refractivity contribution in [1.29, 1.82) is 0 Å². The second-order valence-corrected chi connectivity index (χ2v) is 6.13. The fourth-order valence-electron chi connectivity index (χ4n) is 2.81. The van der Waals surface area contributed by atoms with Gasteiger partial charge in [0.15, 0.2) is 0 Å². The fourth-order valence-corrected chi connectivity index (χ4v) is 3.96. The molecule has 0 unspecified atom stereocenters. The lowest BCUT2D eigenvalue weighted by atomic mass is 10.00. The Bertz CT molecular complexity index is 872. The van der Waals surface area contributed by atoms with E-state index in [9.17, 15) is 0 Å². The van der Waals surface area contributed by atoms with Gasteiger partial charge in [0.1, 0.15) is 0 Å². The molecular weight excluding hydrogens is 260 g/mol. The molecule has 20 heavy (non-hydrogen) atoms. The van der Waals surface area contributed by atoms with Crippen LogP contribution in [0.3, 0.4) is 0 Å². The van der Waals surface area contributed by atoms with E-state index in [4.69, 9.17) is 0 Å². The van der Waals surface area contributed by atoms with Gasteiger partial charge in [-0.2, -0.15) is 0 Å². The summed E-state index contributed by atoms with van der Waals surface area (Å²) in [5.74, 6) is 0. The zero-order valence-corrected chi connectivity index (χ0v) is 11.9. The fraction of sp³-hybridized carbons (Fsp3) is 0.0526. The maximum absolute atomic E-state index is 2.26. The highest BCUT2D eigenvalue weighted by Crippen LogP contribution is 2.36. The molecule has 1 aromatic heterocycles. The van der Waals surface area contributed by atoms with Crippen molar-refractivity contribution in [2.75, 3.05) is 0 Å². The predicted molar refractivity (Wildman–Crippen MR) is 88.6 cm³/mol. The first-order valence-corrected chi connectivity index (χ1v) is 7.66. The molecular formula is C19H14S. The molecule has 0 radical (unpaired) electrons. The quantitative estimate of drug-likeness (QED) is 0.443. The molecule has 0 aliphatic heterocycles. The molecule has 4 aromatic rings. The second-order valence-electron chi connectivity index (χ2n) is 5.05. The van der Waals surface area contributed by atoms with Crippen LogP contribution in [0.2, 0.25) is 0 Å². The highest BCUT2D eigenvalue weighted by Gasteiger charge is 2.08. The molecule has 0 atom stereocenters. The molecule has 0 aliphatic carbocycles. The van der Waals surface area contributed by atoms with E-state index in [1.807, 2.05) is 11.3 Å². The number of fused-ring (bicyclic) bond motifs is 3. The summed E-state index contributed by atoms with van der Waals surface area (Å²) in [4.78, 5) is 0. The maximum atomic E-state index is 2.26.